The number of rotatable bonds is 10. The third-order valence-electron chi connectivity index (χ3n) is 3.53. The quantitative estimate of drug-likeness (QED) is 0.523. The molecule has 108 valence electrons. The van der Waals surface area contributed by atoms with E-state index in [1.165, 1.54) is 44.3 Å². The first-order valence-electron chi connectivity index (χ1n) is 7.40. The van der Waals surface area contributed by atoms with E-state index in [9.17, 15) is 4.79 Å². The van der Waals surface area contributed by atoms with Crippen LogP contribution in [0.2, 0.25) is 0 Å². The molecule has 4 nitrogen and oxygen atoms in total. The van der Waals surface area contributed by atoms with Crippen LogP contribution in [-0.4, -0.2) is 15.6 Å². The lowest BCUT2D eigenvalue weighted by Crippen LogP contribution is -2.32. The monoisotopic (exact) mass is 267 g/mol. The fourth-order valence-electron chi connectivity index (χ4n) is 2.36. The van der Waals surface area contributed by atoms with Gasteiger partial charge in [-0.3, -0.25) is 4.79 Å². The van der Waals surface area contributed by atoms with E-state index in [2.05, 4.69) is 16.1 Å². The molecular formula is C15H27N2O2+. The molecular weight excluding hydrogens is 240 g/mol. The smallest absolute Gasteiger partial charge is 0.307 e. The number of hydrogen-bond donors (Lipinski definition) is 1. The molecule has 0 amide bonds. The number of unbranched alkanes of at least 4 members (excludes halogenated alkanes) is 5. The normalized spacial score (nSPS) is 10.8. The van der Waals surface area contributed by atoms with Gasteiger partial charge in [-0.1, -0.05) is 39.0 Å². The van der Waals surface area contributed by atoms with Gasteiger partial charge in [0, 0.05) is 6.42 Å². The average Bonchev–Trinajstić information content (AvgIpc) is 2.72. The van der Waals surface area contributed by atoms with Crippen LogP contribution in [0.25, 0.3) is 0 Å². The zero-order valence-electron chi connectivity index (χ0n) is 12.3. The number of nitrogens with zero attached hydrogens (tertiary/aromatic N) is 2. The maximum absolute atomic E-state index is 10.6. The first-order chi connectivity index (χ1) is 9.15. The summed E-state index contributed by atoms with van der Waals surface area (Å²) in [5.74, 6) is 0.499. The van der Waals surface area contributed by atoms with Gasteiger partial charge in [0.2, 0.25) is 0 Å². The largest absolute Gasteiger partial charge is 0.481 e. The summed E-state index contributed by atoms with van der Waals surface area (Å²) in [6, 6.07) is 0. The van der Waals surface area contributed by atoms with E-state index in [-0.39, 0.29) is 6.42 Å². The number of aliphatic carboxylic acids is 1. The minimum absolute atomic E-state index is 0.193. The van der Waals surface area contributed by atoms with Gasteiger partial charge in [0.1, 0.15) is 18.9 Å². The molecule has 1 aromatic heterocycles. The van der Waals surface area contributed by atoms with Crippen molar-refractivity contribution in [3.05, 3.63) is 18.2 Å². The zero-order valence-corrected chi connectivity index (χ0v) is 12.3. The maximum atomic E-state index is 10.6. The second kappa shape index (κ2) is 8.73. The Labute approximate surface area is 116 Å². The molecule has 19 heavy (non-hydrogen) atoms. The van der Waals surface area contributed by atoms with Gasteiger partial charge in [-0.25, -0.2) is 9.13 Å². The molecule has 0 radical (unpaired) electrons. The van der Waals surface area contributed by atoms with Crippen molar-refractivity contribution in [1.82, 2.24) is 4.57 Å². The van der Waals surface area contributed by atoms with Gasteiger partial charge < -0.3 is 5.11 Å². The maximum Gasteiger partial charge on any atom is 0.307 e. The van der Waals surface area contributed by atoms with Crippen LogP contribution >= 0.6 is 0 Å². The SMILES string of the molecule is CCCCCCCCc1n(CCC(=O)O)cc[n+]1C. The summed E-state index contributed by atoms with van der Waals surface area (Å²) in [6.45, 7) is 2.80. The number of aromatic nitrogens is 2. The van der Waals surface area contributed by atoms with Crippen molar-refractivity contribution >= 4 is 5.97 Å². The van der Waals surface area contributed by atoms with Gasteiger partial charge in [0.15, 0.2) is 0 Å². The van der Waals surface area contributed by atoms with E-state index in [1.807, 2.05) is 19.4 Å². The summed E-state index contributed by atoms with van der Waals surface area (Å²) >= 11 is 0. The Morgan fingerprint density at radius 2 is 1.95 bits per heavy atom. The molecule has 1 rings (SSSR count). The van der Waals surface area contributed by atoms with Gasteiger partial charge in [-0.05, 0) is 6.42 Å². The summed E-state index contributed by atoms with van der Waals surface area (Å²) in [5.41, 5.74) is 0. The van der Waals surface area contributed by atoms with Crippen LogP contribution in [0.1, 0.15) is 57.7 Å². The zero-order chi connectivity index (χ0) is 14.1. The molecule has 0 saturated carbocycles. The fraction of sp³-hybridized carbons (Fsp3) is 0.733. The number of carboxylic acid groups (broad SMARTS) is 1. The van der Waals surface area contributed by atoms with E-state index >= 15 is 0 Å². The predicted molar refractivity (Wildman–Crippen MR) is 74.9 cm³/mol. The van der Waals surface area contributed by atoms with Gasteiger partial charge in [-0.15, -0.1) is 0 Å². The molecule has 0 atom stereocenters. The Morgan fingerprint density at radius 1 is 1.26 bits per heavy atom. The molecule has 0 spiro atoms. The molecule has 0 aliphatic heterocycles. The molecule has 1 aromatic rings. The highest BCUT2D eigenvalue weighted by molar-refractivity contribution is 5.66. The van der Waals surface area contributed by atoms with Gasteiger partial charge in [-0.2, -0.15) is 0 Å². The first kappa shape index (κ1) is 15.7. The summed E-state index contributed by atoms with van der Waals surface area (Å²) in [5, 5.41) is 8.75. The van der Waals surface area contributed by atoms with E-state index in [1.54, 1.807) is 0 Å². The topological polar surface area (TPSA) is 46.1 Å². The van der Waals surface area contributed by atoms with Gasteiger partial charge in [0.05, 0.1) is 13.5 Å². The van der Waals surface area contributed by atoms with Crippen molar-refractivity contribution in [3.8, 4) is 0 Å². The van der Waals surface area contributed by atoms with Crippen molar-refractivity contribution in [1.29, 1.82) is 0 Å². The molecule has 0 saturated heterocycles. The first-order valence-corrected chi connectivity index (χ1v) is 7.40. The Bertz CT molecular complexity index is 385. The van der Waals surface area contributed by atoms with Crippen LogP contribution in [0.3, 0.4) is 0 Å². The second-order valence-corrected chi connectivity index (χ2v) is 5.18. The molecule has 0 bridgehead atoms. The molecule has 4 heteroatoms. The third kappa shape index (κ3) is 5.90. The Hall–Kier alpha value is -1.32. The van der Waals surface area contributed by atoms with Crippen molar-refractivity contribution in [2.75, 3.05) is 0 Å². The number of imidazole rings is 1. The van der Waals surface area contributed by atoms with E-state index in [0.29, 0.717) is 6.54 Å². The van der Waals surface area contributed by atoms with Crippen molar-refractivity contribution in [3.63, 3.8) is 0 Å². The predicted octanol–water partition coefficient (Wildman–Crippen LogP) is 2.69. The highest BCUT2D eigenvalue weighted by Gasteiger charge is 2.14. The minimum atomic E-state index is -0.734. The Balaban J connectivity index is 2.35. The number of carbonyl (C=O) groups is 1. The van der Waals surface area contributed by atoms with Crippen LogP contribution in [0.5, 0.6) is 0 Å². The number of carboxylic acids is 1. The molecule has 1 heterocycles. The van der Waals surface area contributed by atoms with Crippen LogP contribution in [0.15, 0.2) is 12.4 Å². The summed E-state index contributed by atoms with van der Waals surface area (Å²) in [4.78, 5) is 10.6. The van der Waals surface area contributed by atoms with E-state index in [4.69, 9.17) is 5.11 Å². The van der Waals surface area contributed by atoms with Crippen molar-refractivity contribution < 1.29 is 14.5 Å². The van der Waals surface area contributed by atoms with Crippen molar-refractivity contribution in [2.24, 2.45) is 7.05 Å². The fourth-order valence-corrected chi connectivity index (χ4v) is 2.36. The number of hydrogen-bond acceptors (Lipinski definition) is 1. The van der Waals surface area contributed by atoms with Gasteiger partial charge in [0.25, 0.3) is 5.82 Å². The van der Waals surface area contributed by atoms with Crippen LogP contribution in [0.4, 0.5) is 0 Å². The Morgan fingerprint density at radius 3 is 2.63 bits per heavy atom. The number of aryl methyl sites for hydroxylation is 2. The average molecular weight is 267 g/mol. The van der Waals surface area contributed by atoms with E-state index in [0.717, 1.165) is 6.42 Å². The lowest BCUT2D eigenvalue weighted by molar-refractivity contribution is -0.678. The Kier molecular flexibility index (Phi) is 7.23. The van der Waals surface area contributed by atoms with E-state index < -0.39 is 5.97 Å². The molecule has 0 aliphatic carbocycles. The molecule has 0 fully saturated rings. The lowest BCUT2D eigenvalue weighted by atomic mass is 10.1. The van der Waals surface area contributed by atoms with Crippen LogP contribution in [0, 0.1) is 0 Å². The van der Waals surface area contributed by atoms with Crippen molar-refractivity contribution in [2.45, 2.75) is 64.8 Å². The summed E-state index contributed by atoms with van der Waals surface area (Å²) in [7, 11) is 2.03. The van der Waals surface area contributed by atoms with Crippen LogP contribution < -0.4 is 4.57 Å². The highest BCUT2D eigenvalue weighted by atomic mass is 16.4. The standard InChI is InChI=1S/C15H26N2O2/c1-3-4-5-6-7-8-9-14-16(2)12-13-17(14)11-10-15(18)19/h12-13H,3-11H2,1-2H3/p+1. The third-order valence-corrected chi connectivity index (χ3v) is 3.53. The molecule has 0 aromatic carbocycles. The molecule has 0 unspecified atom stereocenters. The summed E-state index contributed by atoms with van der Waals surface area (Å²) in [6.07, 6.45) is 12.9. The minimum Gasteiger partial charge on any atom is -0.481 e. The van der Waals surface area contributed by atoms with Crippen LogP contribution in [-0.2, 0) is 24.8 Å². The molecule has 1 N–H and O–H groups in total. The summed E-state index contributed by atoms with van der Waals surface area (Å²) < 4.78 is 4.17. The molecule has 0 aliphatic rings. The lowest BCUT2D eigenvalue weighted by Gasteiger charge is -2.02. The van der Waals surface area contributed by atoms with Gasteiger partial charge >= 0.3 is 5.97 Å². The second-order valence-electron chi connectivity index (χ2n) is 5.18. The highest BCUT2D eigenvalue weighted by Crippen LogP contribution is 2.08.